The molecule has 3 N–H and O–H groups in total. The molecule has 0 amide bonds. The molecule has 0 saturated heterocycles. The second-order valence-electron chi connectivity index (χ2n) is 4.76. The largest absolute Gasteiger partial charge is 0.271 e. The van der Waals surface area contributed by atoms with Crippen molar-refractivity contribution in [3.8, 4) is 0 Å². The Balaban J connectivity index is 2.31. The second kappa shape index (κ2) is 7.23. The van der Waals surface area contributed by atoms with Crippen LogP contribution in [0.5, 0.6) is 0 Å². The summed E-state index contributed by atoms with van der Waals surface area (Å²) in [6, 6.07) is 14.2. The number of hydrogen-bond donors (Lipinski definition) is 2. The van der Waals surface area contributed by atoms with Gasteiger partial charge in [-0.3, -0.25) is 5.84 Å². The van der Waals surface area contributed by atoms with Crippen LogP contribution in [-0.2, 0) is 6.42 Å². The van der Waals surface area contributed by atoms with Gasteiger partial charge in [-0.1, -0.05) is 71.2 Å². The van der Waals surface area contributed by atoms with Crippen LogP contribution in [0.3, 0.4) is 0 Å². The number of nitrogens with one attached hydrogen (secondary N) is 1. The lowest BCUT2D eigenvalue weighted by molar-refractivity contribution is 0.636. The number of benzene rings is 2. The van der Waals surface area contributed by atoms with Gasteiger partial charge in [0, 0.05) is 9.50 Å². The molecule has 0 aliphatic carbocycles. The minimum Gasteiger partial charge on any atom is -0.271 e. The van der Waals surface area contributed by atoms with E-state index in [1.54, 1.807) is 0 Å². The first-order valence-corrected chi connectivity index (χ1v) is 7.82. The summed E-state index contributed by atoms with van der Waals surface area (Å²) < 4.78 is 0.959. The van der Waals surface area contributed by atoms with E-state index < -0.39 is 0 Å². The number of halogens is 2. The second-order valence-corrected chi connectivity index (χ2v) is 6.08. The molecule has 0 aliphatic heterocycles. The highest BCUT2D eigenvalue weighted by Crippen LogP contribution is 2.30. The van der Waals surface area contributed by atoms with Crippen LogP contribution in [0.1, 0.15) is 36.1 Å². The maximum Gasteiger partial charge on any atom is 0.0724 e. The fourth-order valence-corrected chi connectivity index (χ4v) is 3.05. The Morgan fingerprint density at radius 1 is 1.20 bits per heavy atom. The highest BCUT2D eigenvalue weighted by molar-refractivity contribution is 9.10. The predicted molar refractivity (Wildman–Crippen MR) is 88.8 cm³/mol. The van der Waals surface area contributed by atoms with E-state index in [1.807, 2.05) is 18.2 Å². The van der Waals surface area contributed by atoms with Crippen molar-refractivity contribution in [1.29, 1.82) is 0 Å². The van der Waals surface area contributed by atoms with E-state index in [-0.39, 0.29) is 6.04 Å². The summed E-state index contributed by atoms with van der Waals surface area (Å²) in [7, 11) is 0. The molecule has 0 aromatic heterocycles. The normalized spacial score (nSPS) is 12.4. The topological polar surface area (TPSA) is 38.0 Å². The van der Waals surface area contributed by atoms with Crippen LogP contribution in [0.4, 0.5) is 0 Å². The van der Waals surface area contributed by atoms with Gasteiger partial charge in [-0.25, -0.2) is 5.43 Å². The molecule has 0 fully saturated rings. The van der Waals surface area contributed by atoms with E-state index in [0.717, 1.165) is 28.4 Å². The summed E-state index contributed by atoms with van der Waals surface area (Å²) in [6.07, 6.45) is 2.25. The van der Waals surface area contributed by atoms with E-state index in [1.165, 1.54) is 5.56 Å². The fraction of sp³-hybridized carbons (Fsp3) is 0.250. The molecular weight excluding hydrogens is 336 g/mol. The molecule has 106 valence electrons. The molecule has 1 atom stereocenters. The minimum atomic E-state index is -0.105. The van der Waals surface area contributed by atoms with E-state index >= 15 is 0 Å². The van der Waals surface area contributed by atoms with Gasteiger partial charge < -0.3 is 0 Å². The Kier molecular flexibility index (Phi) is 5.61. The summed E-state index contributed by atoms with van der Waals surface area (Å²) in [5, 5.41) is 0.694. The number of hydrazine groups is 1. The van der Waals surface area contributed by atoms with Crippen molar-refractivity contribution in [3.05, 3.63) is 68.7 Å². The number of hydrogen-bond acceptors (Lipinski definition) is 2. The highest BCUT2D eigenvalue weighted by atomic mass is 79.9. The molecule has 0 saturated carbocycles. The van der Waals surface area contributed by atoms with Gasteiger partial charge in [0.2, 0.25) is 0 Å². The summed E-state index contributed by atoms with van der Waals surface area (Å²) in [5.74, 6) is 5.72. The third-order valence-electron chi connectivity index (χ3n) is 3.29. The monoisotopic (exact) mass is 352 g/mol. The lowest BCUT2D eigenvalue weighted by Crippen LogP contribution is -2.29. The van der Waals surface area contributed by atoms with Crippen LogP contribution < -0.4 is 11.3 Å². The van der Waals surface area contributed by atoms with Crippen LogP contribution in [-0.4, -0.2) is 0 Å². The standard InChI is InChI=1S/C16H18BrClN2/c1-2-3-11-4-6-12(7-5-11)16(20-19)14-9-8-13(17)10-15(14)18/h4-10,16,20H,2-3,19H2,1H3. The zero-order chi connectivity index (χ0) is 14.5. The third-order valence-corrected chi connectivity index (χ3v) is 4.11. The Hall–Kier alpha value is -0.870. The van der Waals surface area contributed by atoms with Gasteiger partial charge in [-0.2, -0.15) is 0 Å². The van der Waals surface area contributed by atoms with E-state index in [4.69, 9.17) is 17.4 Å². The summed E-state index contributed by atoms with van der Waals surface area (Å²) in [6.45, 7) is 2.18. The molecule has 2 aromatic rings. The van der Waals surface area contributed by atoms with Crippen LogP contribution in [0, 0.1) is 0 Å². The van der Waals surface area contributed by atoms with Crippen molar-refractivity contribution in [2.24, 2.45) is 5.84 Å². The molecule has 2 aromatic carbocycles. The molecule has 2 rings (SSSR count). The minimum absolute atomic E-state index is 0.105. The average Bonchev–Trinajstić information content (AvgIpc) is 2.44. The van der Waals surface area contributed by atoms with Gasteiger partial charge in [0.1, 0.15) is 0 Å². The zero-order valence-electron chi connectivity index (χ0n) is 11.4. The van der Waals surface area contributed by atoms with Crippen molar-refractivity contribution >= 4 is 27.5 Å². The third kappa shape index (κ3) is 3.61. The van der Waals surface area contributed by atoms with Gasteiger partial charge in [0.25, 0.3) is 0 Å². The van der Waals surface area contributed by atoms with Crippen LogP contribution in [0.25, 0.3) is 0 Å². The molecule has 2 nitrogen and oxygen atoms in total. The maximum absolute atomic E-state index is 6.31. The van der Waals surface area contributed by atoms with Gasteiger partial charge in [-0.15, -0.1) is 0 Å². The lowest BCUT2D eigenvalue weighted by Gasteiger charge is -2.19. The van der Waals surface area contributed by atoms with Crippen LogP contribution in [0.15, 0.2) is 46.9 Å². The van der Waals surface area contributed by atoms with Crippen LogP contribution >= 0.6 is 27.5 Å². The molecule has 0 radical (unpaired) electrons. The number of rotatable bonds is 5. The van der Waals surface area contributed by atoms with Gasteiger partial charge >= 0.3 is 0 Å². The van der Waals surface area contributed by atoms with Crippen molar-refractivity contribution in [1.82, 2.24) is 5.43 Å². The molecule has 0 heterocycles. The first-order chi connectivity index (χ1) is 9.65. The maximum atomic E-state index is 6.31. The molecule has 0 aliphatic rings. The van der Waals surface area contributed by atoms with Gasteiger partial charge in [-0.05, 0) is 35.2 Å². The molecule has 1 unspecified atom stereocenters. The van der Waals surface area contributed by atoms with Crippen molar-refractivity contribution < 1.29 is 0 Å². The molecule has 0 bridgehead atoms. The fourth-order valence-electron chi connectivity index (χ4n) is 2.27. The quantitative estimate of drug-likeness (QED) is 0.608. The summed E-state index contributed by atoms with van der Waals surface area (Å²) in [4.78, 5) is 0. The predicted octanol–water partition coefficient (Wildman–Crippen LogP) is 4.61. The van der Waals surface area contributed by atoms with E-state index in [0.29, 0.717) is 5.02 Å². The zero-order valence-corrected chi connectivity index (χ0v) is 13.7. The number of nitrogens with two attached hydrogens (primary N) is 1. The smallest absolute Gasteiger partial charge is 0.0724 e. The summed E-state index contributed by atoms with van der Waals surface area (Å²) >= 11 is 9.72. The van der Waals surface area contributed by atoms with Crippen LogP contribution in [0.2, 0.25) is 5.02 Å². The average molecular weight is 354 g/mol. The van der Waals surface area contributed by atoms with Gasteiger partial charge in [0.05, 0.1) is 6.04 Å². The Morgan fingerprint density at radius 3 is 2.45 bits per heavy atom. The lowest BCUT2D eigenvalue weighted by atomic mass is 9.97. The van der Waals surface area contributed by atoms with E-state index in [9.17, 15) is 0 Å². The van der Waals surface area contributed by atoms with Crippen molar-refractivity contribution in [3.63, 3.8) is 0 Å². The SMILES string of the molecule is CCCc1ccc(C(NN)c2ccc(Br)cc2Cl)cc1. The molecular formula is C16H18BrClN2. The molecule has 4 heteroatoms. The van der Waals surface area contributed by atoms with Crippen molar-refractivity contribution in [2.45, 2.75) is 25.8 Å². The Bertz CT molecular complexity index is 569. The molecule has 20 heavy (non-hydrogen) atoms. The first-order valence-electron chi connectivity index (χ1n) is 6.65. The van der Waals surface area contributed by atoms with Gasteiger partial charge in [0.15, 0.2) is 0 Å². The Morgan fingerprint density at radius 2 is 1.90 bits per heavy atom. The van der Waals surface area contributed by atoms with Crippen molar-refractivity contribution in [2.75, 3.05) is 0 Å². The Labute approximate surface area is 133 Å². The molecule has 0 spiro atoms. The summed E-state index contributed by atoms with van der Waals surface area (Å²) in [5.41, 5.74) is 6.27. The highest BCUT2D eigenvalue weighted by Gasteiger charge is 2.15. The van der Waals surface area contributed by atoms with E-state index in [2.05, 4.69) is 52.5 Å². The first kappa shape index (κ1) is 15.5. The number of aryl methyl sites for hydroxylation is 1.